The van der Waals surface area contributed by atoms with Gasteiger partial charge in [0.1, 0.15) is 17.7 Å². The molecule has 24 heavy (non-hydrogen) atoms. The Balaban J connectivity index is 2.84. The molecule has 1 unspecified atom stereocenters. The van der Waals surface area contributed by atoms with E-state index in [0.29, 0.717) is 12.2 Å². The first kappa shape index (κ1) is 20.2. The zero-order valence-electron chi connectivity index (χ0n) is 12.7. The van der Waals surface area contributed by atoms with Crippen molar-refractivity contribution in [1.82, 2.24) is 5.32 Å². The minimum absolute atomic E-state index is 0.154. The maximum Gasteiger partial charge on any atom is 0.326 e. The number of amides is 1. The Morgan fingerprint density at radius 3 is 2.75 bits per heavy atom. The van der Waals surface area contributed by atoms with Crippen LogP contribution in [0.5, 0.6) is 0 Å². The molecule has 0 saturated heterocycles. The second-order valence-electron chi connectivity index (χ2n) is 4.56. The van der Waals surface area contributed by atoms with Crippen molar-refractivity contribution in [3.05, 3.63) is 40.0 Å². The Bertz CT molecular complexity index is 689. The summed E-state index contributed by atoms with van der Waals surface area (Å²) in [7, 11) is 0. The highest BCUT2D eigenvalue weighted by atomic mass is 35.5. The lowest BCUT2D eigenvalue weighted by atomic mass is 10.2. The number of hydrogen-bond acceptors (Lipinski definition) is 5. The molecule has 1 aromatic rings. The number of aliphatic carboxylic acids is 1. The van der Waals surface area contributed by atoms with E-state index in [1.807, 2.05) is 6.26 Å². The largest absolute Gasteiger partial charge is 0.480 e. The van der Waals surface area contributed by atoms with Crippen LogP contribution in [0.15, 0.2) is 30.0 Å². The van der Waals surface area contributed by atoms with Gasteiger partial charge < -0.3 is 15.7 Å². The molecule has 128 valence electrons. The Labute approximate surface area is 153 Å². The highest BCUT2D eigenvalue weighted by Gasteiger charge is 2.17. The van der Waals surface area contributed by atoms with Crippen molar-refractivity contribution in [3.63, 3.8) is 0 Å². The van der Waals surface area contributed by atoms with Gasteiger partial charge in [0.25, 0.3) is 5.91 Å². The van der Waals surface area contributed by atoms with Gasteiger partial charge in [-0.1, -0.05) is 29.3 Å². The fourth-order valence-electron chi connectivity index (χ4n) is 1.64. The average Bonchev–Trinajstić information content (AvgIpc) is 2.54. The van der Waals surface area contributed by atoms with Crippen molar-refractivity contribution >= 4 is 52.5 Å². The maximum atomic E-state index is 12.1. The van der Waals surface area contributed by atoms with Gasteiger partial charge in [0, 0.05) is 6.20 Å². The first-order valence-corrected chi connectivity index (χ1v) is 8.89. The van der Waals surface area contributed by atoms with Gasteiger partial charge in [-0.15, -0.1) is 0 Å². The van der Waals surface area contributed by atoms with Crippen molar-refractivity contribution in [3.8, 4) is 6.07 Å². The average molecular weight is 388 g/mol. The second-order valence-corrected chi connectivity index (χ2v) is 6.34. The minimum Gasteiger partial charge on any atom is -0.480 e. The zero-order valence-corrected chi connectivity index (χ0v) is 15.0. The van der Waals surface area contributed by atoms with Crippen LogP contribution < -0.4 is 10.6 Å². The summed E-state index contributed by atoms with van der Waals surface area (Å²) in [5.74, 6) is -1.15. The number of benzene rings is 1. The molecule has 6 nitrogen and oxygen atoms in total. The lowest BCUT2D eigenvalue weighted by Gasteiger charge is -2.12. The van der Waals surface area contributed by atoms with E-state index < -0.39 is 17.9 Å². The molecule has 0 heterocycles. The third-order valence-corrected chi connectivity index (χ3v) is 4.37. The van der Waals surface area contributed by atoms with Crippen LogP contribution in [0.25, 0.3) is 0 Å². The van der Waals surface area contributed by atoms with Crippen LogP contribution >= 0.6 is 35.0 Å². The number of carboxylic acids is 1. The Morgan fingerprint density at radius 1 is 1.46 bits per heavy atom. The van der Waals surface area contributed by atoms with Gasteiger partial charge in [0.05, 0.1) is 15.7 Å². The first-order chi connectivity index (χ1) is 11.4. The smallest absolute Gasteiger partial charge is 0.326 e. The predicted octanol–water partition coefficient (Wildman–Crippen LogP) is 3.14. The zero-order chi connectivity index (χ0) is 18.1. The van der Waals surface area contributed by atoms with E-state index in [1.165, 1.54) is 17.8 Å². The Morgan fingerprint density at radius 2 is 2.17 bits per heavy atom. The lowest BCUT2D eigenvalue weighted by Crippen LogP contribution is -2.34. The summed E-state index contributed by atoms with van der Waals surface area (Å²) >= 11 is 13.3. The Hall–Kier alpha value is -1.88. The monoisotopic (exact) mass is 387 g/mol. The minimum atomic E-state index is -1.06. The lowest BCUT2D eigenvalue weighted by molar-refractivity contribution is -0.139. The van der Waals surface area contributed by atoms with Gasteiger partial charge in [-0.05, 0) is 30.6 Å². The first-order valence-electron chi connectivity index (χ1n) is 6.74. The molecule has 0 aliphatic heterocycles. The molecule has 0 radical (unpaired) electrons. The van der Waals surface area contributed by atoms with Gasteiger partial charge in [-0.25, -0.2) is 4.79 Å². The van der Waals surface area contributed by atoms with Gasteiger partial charge in [-0.3, -0.25) is 4.79 Å². The number of halogens is 2. The molecular weight excluding hydrogens is 373 g/mol. The molecule has 0 aliphatic carbocycles. The van der Waals surface area contributed by atoms with Gasteiger partial charge in [0.15, 0.2) is 0 Å². The normalized spacial score (nSPS) is 12.2. The van der Waals surface area contributed by atoms with Crippen LogP contribution in [0.2, 0.25) is 10.0 Å². The number of carbonyl (C=O) groups is 2. The fourth-order valence-corrected chi connectivity index (χ4v) is 2.46. The number of carbonyl (C=O) groups excluding carboxylic acids is 1. The molecule has 0 spiro atoms. The van der Waals surface area contributed by atoms with E-state index in [1.54, 1.807) is 18.2 Å². The molecule has 0 aliphatic rings. The summed E-state index contributed by atoms with van der Waals surface area (Å²) in [6, 6.07) is 5.53. The van der Waals surface area contributed by atoms with Crippen LogP contribution in [0.3, 0.4) is 0 Å². The molecule has 0 aromatic heterocycles. The van der Waals surface area contributed by atoms with E-state index >= 15 is 0 Å². The summed E-state index contributed by atoms with van der Waals surface area (Å²) in [6.07, 6.45) is 3.30. The maximum absolute atomic E-state index is 12.1. The SMILES string of the molecule is CSCCC(N/C=C(/C#N)C(=O)Nc1cccc(Cl)c1Cl)C(=O)O. The van der Waals surface area contributed by atoms with Crippen molar-refractivity contribution in [1.29, 1.82) is 5.26 Å². The van der Waals surface area contributed by atoms with Gasteiger partial charge in [0.2, 0.25) is 0 Å². The third-order valence-electron chi connectivity index (χ3n) is 2.90. The van der Waals surface area contributed by atoms with Crippen molar-refractivity contribution in [2.24, 2.45) is 0 Å². The van der Waals surface area contributed by atoms with E-state index in [9.17, 15) is 9.59 Å². The summed E-state index contributed by atoms with van der Waals surface area (Å²) in [4.78, 5) is 23.2. The van der Waals surface area contributed by atoms with E-state index in [2.05, 4.69) is 10.6 Å². The van der Waals surface area contributed by atoms with Crippen LogP contribution in [0.4, 0.5) is 5.69 Å². The Kier molecular flexibility index (Phi) is 8.47. The molecule has 3 N–H and O–H groups in total. The molecule has 1 rings (SSSR count). The number of carboxylic acid groups (broad SMARTS) is 1. The van der Waals surface area contributed by atoms with Crippen LogP contribution in [-0.2, 0) is 9.59 Å². The molecule has 1 aromatic carbocycles. The number of nitrogens with one attached hydrogen (secondary N) is 2. The van der Waals surface area contributed by atoms with Gasteiger partial charge in [-0.2, -0.15) is 17.0 Å². The molecule has 0 fully saturated rings. The quantitative estimate of drug-likeness (QED) is 0.467. The number of thioether (sulfide) groups is 1. The van der Waals surface area contributed by atoms with Crippen LogP contribution in [-0.4, -0.2) is 35.0 Å². The summed E-state index contributed by atoms with van der Waals surface area (Å²) in [5.41, 5.74) is -0.0195. The number of nitrogens with zero attached hydrogens (tertiary/aromatic N) is 1. The molecule has 0 saturated carbocycles. The predicted molar refractivity (Wildman–Crippen MR) is 96.3 cm³/mol. The second kappa shape index (κ2) is 10.1. The van der Waals surface area contributed by atoms with E-state index in [-0.39, 0.29) is 21.3 Å². The van der Waals surface area contributed by atoms with E-state index in [4.69, 9.17) is 33.6 Å². The topological polar surface area (TPSA) is 102 Å². The van der Waals surface area contributed by atoms with Crippen LogP contribution in [0.1, 0.15) is 6.42 Å². The number of anilines is 1. The molecule has 0 bridgehead atoms. The summed E-state index contributed by atoms with van der Waals surface area (Å²) in [5, 5.41) is 23.7. The fraction of sp³-hybridized carbons (Fsp3) is 0.267. The number of hydrogen-bond donors (Lipinski definition) is 3. The molecule has 9 heteroatoms. The summed E-state index contributed by atoms with van der Waals surface area (Å²) < 4.78 is 0. The van der Waals surface area contributed by atoms with Crippen molar-refractivity contribution in [2.45, 2.75) is 12.5 Å². The van der Waals surface area contributed by atoms with Crippen molar-refractivity contribution < 1.29 is 14.7 Å². The number of rotatable bonds is 8. The summed E-state index contributed by atoms with van der Waals surface area (Å²) in [6.45, 7) is 0. The van der Waals surface area contributed by atoms with Gasteiger partial charge >= 0.3 is 5.97 Å². The third kappa shape index (κ3) is 5.96. The molecule has 1 amide bonds. The number of nitriles is 1. The van der Waals surface area contributed by atoms with Crippen molar-refractivity contribution in [2.75, 3.05) is 17.3 Å². The highest BCUT2D eigenvalue weighted by molar-refractivity contribution is 7.98. The van der Waals surface area contributed by atoms with E-state index in [0.717, 1.165) is 6.20 Å². The molecular formula is C15H15Cl2N3O3S. The highest BCUT2D eigenvalue weighted by Crippen LogP contribution is 2.29. The molecule has 1 atom stereocenters. The standard InChI is InChI=1S/C15H15Cl2N3O3S/c1-24-6-5-12(15(22)23)19-8-9(7-18)14(21)20-11-4-2-3-10(16)13(11)17/h2-4,8,12,19H,5-6H2,1H3,(H,20,21)(H,22,23)/b9-8-. The van der Waals surface area contributed by atoms with Crippen LogP contribution in [0, 0.1) is 11.3 Å².